The lowest BCUT2D eigenvalue weighted by Gasteiger charge is -2.03. The van der Waals surface area contributed by atoms with Crippen LogP contribution < -0.4 is 5.73 Å². The molecular formula is C8H11ClN2. The van der Waals surface area contributed by atoms with Gasteiger partial charge in [0, 0.05) is 18.2 Å². The normalized spacial score (nSPS) is 13.0. The predicted molar refractivity (Wildman–Crippen MR) is 46.6 cm³/mol. The summed E-state index contributed by atoms with van der Waals surface area (Å²) in [6.07, 6.45) is 0.778. The largest absolute Gasteiger partial charge is 0.328 e. The second-order valence-corrected chi connectivity index (χ2v) is 3.02. The Morgan fingerprint density at radius 1 is 1.64 bits per heavy atom. The van der Waals surface area contributed by atoms with E-state index in [0.717, 1.165) is 12.1 Å². The van der Waals surface area contributed by atoms with Crippen LogP contribution in [0.1, 0.15) is 12.6 Å². The zero-order valence-electron chi connectivity index (χ0n) is 6.42. The van der Waals surface area contributed by atoms with E-state index in [1.165, 1.54) is 0 Å². The molecule has 0 bridgehead atoms. The van der Waals surface area contributed by atoms with E-state index in [1.807, 2.05) is 19.1 Å². The van der Waals surface area contributed by atoms with Crippen LogP contribution in [-0.4, -0.2) is 11.0 Å². The fourth-order valence-electron chi connectivity index (χ4n) is 0.894. The van der Waals surface area contributed by atoms with E-state index in [0.29, 0.717) is 5.15 Å². The molecule has 0 saturated heterocycles. The van der Waals surface area contributed by atoms with Gasteiger partial charge in [0.05, 0.1) is 0 Å². The molecule has 0 amide bonds. The molecule has 2 N–H and O–H groups in total. The third kappa shape index (κ3) is 2.87. The van der Waals surface area contributed by atoms with Gasteiger partial charge in [0.1, 0.15) is 5.15 Å². The SMILES string of the molecule is CC(N)Cc1cccc(Cl)n1. The number of aromatic nitrogens is 1. The lowest BCUT2D eigenvalue weighted by molar-refractivity contribution is 0.722. The molecule has 11 heavy (non-hydrogen) atoms. The molecule has 1 aromatic rings. The van der Waals surface area contributed by atoms with Crippen LogP contribution >= 0.6 is 11.6 Å². The number of rotatable bonds is 2. The summed E-state index contributed by atoms with van der Waals surface area (Å²) < 4.78 is 0. The van der Waals surface area contributed by atoms with Gasteiger partial charge in [0.2, 0.25) is 0 Å². The van der Waals surface area contributed by atoms with Crippen molar-refractivity contribution in [3.8, 4) is 0 Å². The molecule has 1 unspecified atom stereocenters. The van der Waals surface area contributed by atoms with Gasteiger partial charge in [-0.1, -0.05) is 17.7 Å². The van der Waals surface area contributed by atoms with E-state index in [-0.39, 0.29) is 6.04 Å². The van der Waals surface area contributed by atoms with Crippen molar-refractivity contribution in [2.75, 3.05) is 0 Å². The Morgan fingerprint density at radius 2 is 2.36 bits per heavy atom. The van der Waals surface area contributed by atoms with Crippen molar-refractivity contribution < 1.29 is 0 Å². The second kappa shape index (κ2) is 3.69. The van der Waals surface area contributed by atoms with E-state index >= 15 is 0 Å². The van der Waals surface area contributed by atoms with Gasteiger partial charge < -0.3 is 5.73 Å². The Balaban J connectivity index is 2.71. The molecule has 60 valence electrons. The number of pyridine rings is 1. The lowest BCUT2D eigenvalue weighted by Crippen LogP contribution is -2.18. The molecule has 0 aliphatic heterocycles. The third-order valence-electron chi connectivity index (χ3n) is 1.30. The minimum atomic E-state index is 0.140. The highest BCUT2D eigenvalue weighted by molar-refractivity contribution is 6.29. The van der Waals surface area contributed by atoms with Gasteiger partial charge in [-0.3, -0.25) is 0 Å². The van der Waals surface area contributed by atoms with Crippen LogP contribution in [0.25, 0.3) is 0 Å². The van der Waals surface area contributed by atoms with Crippen molar-refractivity contribution in [1.82, 2.24) is 4.98 Å². The number of nitrogens with zero attached hydrogens (tertiary/aromatic N) is 1. The van der Waals surface area contributed by atoms with Crippen LogP contribution in [0.15, 0.2) is 18.2 Å². The molecule has 1 heterocycles. The van der Waals surface area contributed by atoms with Crippen molar-refractivity contribution in [2.45, 2.75) is 19.4 Å². The molecule has 1 aromatic heterocycles. The Hall–Kier alpha value is -0.600. The molecule has 0 saturated carbocycles. The standard InChI is InChI=1S/C8H11ClN2/c1-6(10)5-7-3-2-4-8(9)11-7/h2-4,6H,5,10H2,1H3. The first kappa shape index (κ1) is 8.50. The van der Waals surface area contributed by atoms with Crippen molar-refractivity contribution in [1.29, 1.82) is 0 Å². The maximum absolute atomic E-state index is 5.68. The average Bonchev–Trinajstić information content (AvgIpc) is 1.85. The van der Waals surface area contributed by atoms with E-state index in [1.54, 1.807) is 6.07 Å². The molecule has 0 aliphatic carbocycles. The van der Waals surface area contributed by atoms with Crippen molar-refractivity contribution in [3.05, 3.63) is 29.0 Å². The van der Waals surface area contributed by atoms with Gasteiger partial charge >= 0.3 is 0 Å². The molecule has 0 radical (unpaired) electrons. The summed E-state index contributed by atoms with van der Waals surface area (Å²) in [4.78, 5) is 4.10. The van der Waals surface area contributed by atoms with E-state index in [2.05, 4.69) is 4.98 Å². The minimum absolute atomic E-state index is 0.140. The summed E-state index contributed by atoms with van der Waals surface area (Å²) in [7, 11) is 0. The van der Waals surface area contributed by atoms with Crippen molar-refractivity contribution in [3.63, 3.8) is 0 Å². The number of hydrogen-bond donors (Lipinski definition) is 1. The Bertz CT molecular complexity index is 235. The summed E-state index contributed by atoms with van der Waals surface area (Å²) in [5, 5.41) is 0.531. The van der Waals surface area contributed by atoms with Crippen LogP contribution in [0, 0.1) is 0 Å². The van der Waals surface area contributed by atoms with Crippen LogP contribution in [0.2, 0.25) is 5.15 Å². The van der Waals surface area contributed by atoms with Crippen molar-refractivity contribution in [2.24, 2.45) is 5.73 Å². The van der Waals surface area contributed by atoms with E-state index < -0.39 is 0 Å². The average molecular weight is 171 g/mol. The number of halogens is 1. The van der Waals surface area contributed by atoms with Gasteiger partial charge in [-0.2, -0.15) is 0 Å². The Labute approximate surface area is 71.4 Å². The fraction of sp³-hybridized carbons (Fsp3) is 0.375. The Morgan fingerprint density at radius 3 is 2.91 bits per heavy atom. The fourth-order valence-corrected chi connectivity index (χ4v) is 1.08. The maximum atomic E-state index is 5.68. The molecule has 1 atom stereocenters. The lowest BCUT2D eigenvalue weighted by atomic mass is 10.2. The maximum Gasteiger partial charge on any atom is 0.129 e. The molecule has 0 fully saturated rings. The van der Waals surface area contributed by atoms with Crippen LogP contribution in [0.5, 0.6) is 0 Å². The summed E-state index contributed by atoms with van der Waals surface area (Å²) >= 11 is 5.68. The molecule has 2 nitrogen and oxygen atoms in total. The highest BCUT2D eigenvalue weighted by Crippen LogP contribution is 2.05. The number of nitrogens with two attached hydrogens (primary N) is 1. The van der Waals surface area contributed by atoms with Crippen LogP contribution in [-0.2, 0) is 6.42 Å². The van der Waals surface area contributed by atoms with Gasteiger partial charge in [0.15, 0.2) is 0 Å². The predicted octanol–water partition coefficient (Wildman–Crippen LogP) is 1.62. The summed E-state index contributed by atoms with van der Waals surface area (Å²) in [5.74, 6) is 0. The third-order valence-corrected chi connectivity index (χ3v) is 1.51. The van der Waals surface area contributed by atoms with Crippen molar-refractivity contribution >= 4 is 11.6 Å². The van der Waals surface area contributed by atoms with E-state index in [9.17, 15) is 0 Å². The van der Waals surface area contributed by atoms with Crippen LogP contribution in [0.3, 0.4) is 0 Å². The highest BCUT2D eigenvalue weighted by atomic mass is 35.5. The van der Waals surface area contributed by atoms with Gasteiger partial charge in [-0.15, -0.1) is 0 Å². The topological polar surface area (TPSA) is 38.9 Å². The van der Waals surface area contributed by atoms with E-state index in [4.69, 9.17) is 17.3 Å². The summed E-state index contributed by atoms with van der Waals surface area (Å²) in [6, 6.07) is 5.70. The first-order chi connectivity index (χ1) is 5.18. The smallest absolute Gasteiger partial charge is 0.129 e. The zero-order valence-corrected chi connectivity index (χ0v) is 7.17. The molecule has 0 spiro atoms. The molecular weight excluding hydrogens is 160 g/mol. The zero-order chi connectivity index (χ0) is 8.27. The van der Waals surface area contributed by atoms with Gasteiger partial charge in [-0.05, 0) is 19.1 Å². The molecule has 3 heteroatoms. The van der Waals surface area contributed by atoms with Crippen LogP contribution in [0.4, 0.5) is 0 Å². The monoisotopic (exact) mass is 170 g/mol. The molecule has 0 aliphatic rings. The highest BCUT2D eigenvalue weighted by Gasteiger charge is 1.98. The first-order valence-electron chi connectivity index (χ1n) is 3.55. The van der Waals surface area contributed by atoms with Gasteiger partial charge in [-0.25, -0.2) is 4.98 Å². The molecule has 1 rings (SSSR count). The summed E-state index contributed by atoms with van der Waals surface area (Å²) in [6.45, 7) is 1.95. The number of hydrogen-bond acceptors (Lipinski definition) is 2. The first-order valence-corrected chi connectivity index (χ1v) is 3.93. The Kier molecular flexibility index (Phi) is 2.85. The molecule has 0 aromatic carbocycles. The summed E-state index contributed by atoms with van der Waals surface area (Å²) in [5.41, 5.74) is 6.54. The van der Waals surface area contributed by atoms with Gasteiger partial charge in [0.25, 0.3) is 0 Å². The quantitative estimate of drug-likeness (QED) is 0.686. The minimum Gasteiger partial charge on any atom is -0.328 e. The second-order valence-electron chi connectivity index (χ2n) is 2.63.